The molecule has 24 heavy (non-hydrogen) atoms. The molecule has 0 spiro atoms. The lowest BCUT2D eigenvalue weighted by molar-refractivity contribution is 1.13. The lowest BCUT2D eigenvalue weighted by Gasteiger charge is -2.13. The van der Waals surface area contributed by atoms with E-state index in [1.807, 2.05) is 67.5 Å². The number of anilines is 3. The van der Waals surface area contributed by atoms with E-state index in [9.17, 15) is 0 Å². The zero-order chi connectivity index (χ0) is 16.9. The van der Waals surface area contributed by atoms with Crippen LogP contribution in [0.15, 0.2) is 60.8 Å². The number of hydrogen-bond donors (Lipinski definition) is 1. The Kier molecular flexibility index (Phi) is 4.39. The maximum atomic E-state index is 9.02. The van der Waals surface area contributed by atoms with Crippen LogP contribution in [0, 0.1) is 11.3 Å². The van der Waals surface area contributed by atoms with Gasteiger partial charge in [-0.25, -0.2) is 9.97 Å². The van der Waals surface area contributed by atoms with Crippen molar-refractivity contribution < 1.29 is 0 Å². The van der Waals surface area contributed by atoms with Crippen LogP contribution >= 0.6 is 0 Å². The molecule has 0 fully saturated rings. The van der Waals surface area contributed by atoms with Gasteiger partial charge in [0.2, 0.25) is 5.95 Å². The highest BCUT2D eigenvalue weighted by Crippen LogP contribution is 2.21. The number of nitriles is 1. The summed E-state index contributed by atoms with van der Waals surface area (Å²) in [5.74, 6) is 0.521. The molecule has 1 N–H and O–H groups in total. The van der Waals surface area contributed by atoms with Crippen LogP contribution in [0.2, 0.25) is 0 Å². The summed E-state index contributed by atoms with van der Waals surface area (Å²) in [5.41, 5.74) is 4.32. The van der Waals surface area contributed by atoms with Crippen LogP contribution in [0.4, 0.5) is 17.3 Å². The van der Waals surface area contributed by atoms with Crippen LogP contribution in [-0.2, 0) is 0 Å². The van der Waals surface area contributed by atoms with Crippen molar-refractivity contribution in [1.29, 1.82) is 5.26 Å². The Morgan fingerprint density at radius 2 is 1.83 bits per heavy atom. The van der Waals surface area contributed by atoms with E-state index in [1.54, 1.807) is 12.3 Å². The predicted molar refractivity (Wildman–Crippen MR) is 96.2 cm³/mol. The van der Waals surface area contributed by atoms with Crippen molar-refractivity contribution >= 4 is 17.3 Å². The lowest BCUT2D eigenvalue weighted by atomic mass is 10.1. The van der Waals surface area contributed by atoms with Gasteiger partial charge in [-0.1, -0.05) is 12.1 Å². The highest BCUT2D eigenvalue weighted by Gasteiger charge is 2.04. The van der Waals surface area contributed by atoms with Gasteiger partial charge in [0, 0.05) is 37.2 Å². The van der Waals surface area contributed by atoms with Crippen molar-refractivity contribution in [2.24, 2.45) is 0 Å². The first-order valence-corrected chi connectivity index (χ1v) is 7.54. The molecule has 0 bridgehead atoms. The molecule has 3 rings (SSSR count). The van der Waals surface area contributed by atoms with Crippen LogP contribution in [0.5, 0.6) is 0 Å². The van der Waals surface area contributed by atoms with E-state index >= 15 is 0 Å². The van der Waals surface area contributed by atoms with Crippen LogP contribution in [0.3, 0.4) is 0 Å². The van der Waals surface area contributed by atoms with Crippen molar-refractivity contribution in [2.45, 2.75) is 0 Å². The average Bonchev–Trinajstić information content (AvgIpc) is 2.62. The topological polar surface area (TPSA) is 64.8 Å². The van der Waals surface area contributed by atoms with Crippen molar-refractivity contribution in [1.82, 2.24) is 9.97 Å². The van der Waals surface area contributed by atoms with Crippen LogP contribution in [0.25, 0.3) is 11.3 Å². The van der Waals surface area contributed by atoms with E-state index in [4.69, 9.17) is 5.26 Å². The Morgan fingerprint density at radius 3 is 2.54 bits per heavy atom. The summed E-state index contributed by atoms with van der Waals surface area (Å²) in [6, 6.07) is 19.4. The van der Waals surface area contributed by atoms with Gasteiger partial charge in [-0.05, 0) is 42.5 Å². The Morgan fingerprint density at radius 1 is 1.04 bits per heavy atom. The van der Waals surface area contributed by atoms with Gasteiger partial charge < -0.3 is 10.2 Å². The maximum absolute atomic E-state index is 9.02. The Labute approximate surface area is 141 Å². The fourth-order valence-electron chi connectivity index (χ4n) is 2.30. The van der Waals surface area contributed by atoms with E-state index < -0.39 is 0 Å². The molecule has 5 nitrogen and oxygen atoms in total. The number of nitrogens with one attached hydrogen (secondary N) is 1. The highest BCUT2D eigenvalue weighted by molar-refractivity contribution is 5.64. The molecule has 0 radical (unpaired) electrons. The number of hydrogen-bond acceptors (Lipinski definition) is 5. The molecule has 5 heteroatoms. The summed E-state index contributed by atoms with van der Waals surface area (Å²) in [4.78, 5) is 10.8. The van der Waals surface area contributed by atoms with Gasteiger partial charge in [0.15, 0.2) is 0 Å². The molecule has 0 atom stereocenters. The van der Waals surface area contributed by atoms with Gasteiger partial charge in [0.25, 0.3) is 0 Å². The van der Waals surface area contributed by atoms with E-state index in [0.29, 0.717) is 11.5 Å². The Balaban J connectivity index is 1.84. The third kappa shape index (κ3) is 3.50. The third-order valence-corrected chi connectivity index (χ3v) is 3.58. The largest absolute Gasteiger partial charge is 0.378 e. The summed E-state index contributed by atoms with van der Waals surface area (Å²) >= 11 is 0. The van der Waals surface area contributed by atoms with Gasteiger partial charge in [-0.2, -0.15) is 5.26 Å². The predicted octanol–water partition coefficient (Wildman–Crippen LogP) is 3.82. The molecule has 1 aromatic heterocycles. The molecule has 0 amide bonds. The standard InChI is InChI=1S/C19H17N5/c1-24(2)17-8-6-16(7-9-17)22-19-21-11-10-18(23-19)15-5-3-4-14(12-15)13-20/h3-12H,1-2H3,(H,21,22,23). The maximum Gasteiger partial charge on any atom is 0.227 e. The molecule has 1 heterocycles. The first-order valence-electron chi connectivity index (χ1n) is 7.54. The van der Waals surface area contributed by atoms with Gasteiger partial charge in [-0.3, -0.25) is 0 Å². The summed E-state index contributed by atoms with van der Waals surface area (Å²) in [6.45, 7) is 0. The molecule has 3 aromatic rings. The fraction of sp³-hybridized carbons (Fsp3) is 0.105. The minimum atomic E-state index is 0.521. The van der Waals surface area contributed by atoms with Crippen LogP contribution in [0.1, 0.15) is 5.56 Å². The van der Waals surface area contributed by atoms with Gasteiger partial charge in [0.05, 0.1) is 17.3 Å². The first-order chi connectivity index (χ1) is 11.7. The Hall–Kier alpha value is -3.39. The second-order valence-corrected chi connectivity index (χ2v) is 5.52. The summed E-state index contributed by atoms with van der Waals surface area (Å²) < 4.78 is 0. The quantitative estimate of drug-likeness (QED) is 0.793. The highest BCUT2D eigenvalue weighted by atomic mass is 15.1. The van der Waals surface area contributed by atoms with Crippen molar-refractivity contribution in [3.05, 3.63) is 66.4 Å². The van der Waals surface area contributed by atoms with Crippen molar-refractivity contribution in [2.75, 3.05) is 24.3 Å². The molecule has 0 aliphatic heterocycles. The van der Waals surface area contributed by atoms with Crippen molar-refractivity contribution in [3.8, 4) is 17.3 Å². The fourth-order valence-corrected chi connectivity index (χ4v) is 2.30. The van der Waals surface area contributed by atoms with Gasteiger partial charge >= 0.3 is 0 Å². The lowest BCUT2D eigenvalue weighted by Crippen LogP contribution is -2.08. The molecule has 0 aliphatic rings. The van der Waals surface area contributed by atoms with Gasteiger partial charge in [0.1, 0.15) is 0 Å². The number of aromatic nitrogens is 2. The SMILES string of the molecule is CN(C)c1ccc(Nc2nccc(-c3cccc(C#N)c3)n2)cc1. The monoisotopic (exact) mass is 315 g/mol. The second-order valence-electron chi connectivity index (χ2n) is 5.52. The summed E-state index contributed by atoms with van der Waals surface area (Å²) in [7, 11) is 4.01. The average molecular weight is 315 g/mol. The van der Waals surface area contributed by atoms with E-state index in [2.05, 4.69) is 21.4 Å². The Bertz CT molecular complexity index is 879. The molecule has 118 valence electrons. The van der Waals surface area contributed by atoms with Crippen LogP contribution in [-0.4, -0.2) is 24.1 Å². The van der Waals surface area contributed by atoms with E-state index in [1.165, 1.54) is 0 Å². The summed E-state index contributed by atoms with van der Waals surface area (Å²) in [5, 5.41) is 12.2. The zero-order valence-electron chi connectivity index (χ0n) is 13.6. The van der Waals surface area contributed by atoms with E-state index in [-0.39, 0.29) is 0 Å². The third-order valence-electron chi connectivity index (χ3n) is 3.58. The number of nitrogens with zero attached hydrogens (tertiary/aromatic N) is 4. The minimum absolute atomic E-state index is 0.521. The smallest absolute Gasteiger partial charge is 0.227 e. The normalized spacial score (nSPS) is 10.0. The molecular weight excluding hydrogens is 298 g/mol. The second kappa shape index (κ2) is 6.80. The molecular formula is C19H17N5. The molecule has 2 aromatic carbocycles. The molecule has 0 saturated heterocycles. The van der Waals surface area contributed by atoms with Crippen molar-refractivity contribution in [3.63, 3.8) is 0 Å². The molecule has 0 saturated carbocycles. The van der Waals surface area contributed by atoms with Gasteiger partial charge in [-0.15, -0.1) is 0 Å². The zero-order valence-corrected chi connectivity index (χ0v) is 13.6. The molecule has 0 unspecified atom stereocenters. The number of rotatable bonds is 4. The van der Waals surface area contributed by atoms with Crippen LogP contribution < -0.4 is 10.2 Å². The summed E-state index contributed by atoms with van der Waals surface area (Å²) in [6.07, 6.45) is 1.71. The van der Waals surface area contributed by atoms with E-state index in [0.717, 1.165) is 22.6 Å². The first kappa shape index (κ1) is 15.5. The number of benzene rings is 2. The molecule has 0 aliphatic carbocycles. The minimum Gasteiger partial charge on any atom is -0.378 e.